The summed E-state index contributed by atoms with van der Waals surface area (Å²) in [5, 5.41) is 31.5. The van der Waals surface area contributed by atoms with E-state index < -0.39 is 6.10 Å². The first-order valence-electron chi connectivity index (χ1n) is 10.0. The van der Waals surface area contributed by atoms with Gasteiger partial charge in [-0.2, -0.15) is 0 Å². The van der Waals surface area contributed by atoms with Crippen LogP contribution < -0.4 is 0 Å². The van der Waals surface area contributed by atoms with Gasteiger partial charge in [-0.15, -0.1) is 0 Å². The number of phenolic OH excluding ortho intramolecular Hbond substituents is 2. The van der Waals surface area contributed by atoms with Crippen molar-refractivity contribution in [1.29, 1.82) is 0 Å². The zero-order valence-electron chi connectivity index (χ0n) is 17.8. The largest absolute Gasteiger partial charge is 0.507 e. The molecule has 0 aliphatic heterocycles. The summed E-state index contributed by atoms with van der Waals surface area (Å²) in [5.74, 6) is -0.127. The summed E-state index contributed by atoms with van der Waals surface area (Å²) in [5.41, 5.74) is 0.887. The highest BCUT2D eigenvalue weighted by molar-refractivity contribution is 6.33. The van der Waals surface area contributed by atoms with Crippen molar-refractivity contribution in [2.45, 2.75) is 66.4 Å². The molecule has 0 heterocycles. The van der Waals surface area contributed by atoms with E-state index in [1.54, 1.807) is 19.9 Å². The van der Waals surface area contributed by atoms with Gasteiger partial charge >= 0.3 is 0 Å². The topological polar surface area (TPSA) is 94.8 Å². The minimum atomic E-state index is -0.758. The number of halogens is 1. The number of Topliss-reactive ketones (excluding diaryl/α,β-unsaturated/α-hetero) is 1. The van der Waals surface area contributed by atoms with Crippen LogP contribution in [0.25, 0.3) is 0 Å². The molecule has 29 heavy (non-hydrogen) atoms. The Morgan fingerprint density at radius 3 is 2.52 bits per heavy atom. The fraction of sp³-hybridized carbons (Fsp3) is 0.565. The third kappa shape index (κ3) is 4.36. The predicted molar refractivity (Wildman–Crippen MR) is 114 cm³/mol. The molecule has 5 nitrogen and oxygen atoms in total. The molecule has 0 unspecified atom stereocenters. The molecule has 4 atom stereocenters. The molecular weight excluding hydrogens is 392 g/mol. The Balaban J connectivity index is 2.25. The summed E-state index contributed by atoms with van der Waals surface area (Å²) >= 11 is 6.09. The van der Waals surface area contributed by atoms with Gasteiger partial charge in [-0.3, -0.25) is 9.59 Å². The van der Waals surface area contributed by atoms with Gasteiger partial charge in [0.2, 0.25) is 0 Å². The molecule has 0 saturated heterocycles. The van der Waals surface area contributed by atoms with Gasteiger partial charge in [0, 0.05) is 17.9 Å². The molecule has 0 radical (unpaired) electrons. The average Bonchev–Trinajstić information content (AvgIpc) is 2.68. The van der Waals surface area contributed by atoms with Gasteiger partial charge < -0.3 is 15.3 Å². The van der Waals surface area contributed by atoms with Crippen molar-refractivity contribution in [3.8, 4) is 11.5 Å². The van der Waals surface area contributed by atoms with Crippen LogP contribution in [-0.2, 0) is 11.2 Å². The number of rotatable bonds is 6. The van der Waals surface area contributed by atoms with E-state index >= 15 is 0 Å². The number of aliphatic hydroxyl groups is 1. The first kappa shape index (κ1) is 23.4. The lowest BCUT2D eigenvalue weighted by Gasteiger charge is -2.45. The molecule has 2 rings (SSSR count). The van der Waals surface area contributed by atoms with Gasteiger partial charge in [0.25, 0.3) is 0 Å². The highest BCUT2D eigenvalue weighted by Gasteiger charge is 2.44. The molecule has 0 amide bonds. The number of carbonyl (C=O) groups excluding carboxylic acids is 2. The van der Waals surface area contributed by atoms with Crippen LogP contribution >= 0.6 is 11.6 Å². The van der Waals surface area contributed by atoms with E-state index in [1.807, 2.05) is 6.92 Å². The predicted octanol–water partition coefficient (Wildman–Crippen LogP) is 4.75. The number of aldehydes is 1. The number of hydrogen-bond donors (Lipinski definition) is 3. The Bertz CT molecular complexity index is 844. The number of carbonyl (C=O) groups is 2. The van der Waals surface area contributed by atoms with Crippen LogP contribution in [0.5, 0.6) is 11.5 Å². The van der Waals surface area contributed by atoms with Crippen LogP contribution in [0.4, 0.5) is 0 Å². The molecule has 0 spiro atoms. The second kappa shape index (κ2) is 8.88. The van der Waals surface area contributed by atoms with E-state index in [9.17, 15) is 24.9 Å². The molecule has 3 N–H and O–H groups in total. The van der Waals surface area contributed by atoms with Crippen molar-refractivity contribution in [2.75, 3.05) is 0 Å². The van der Waals surface area contributed by atoms with Gasteiger partial charge in [-0.1, -0.05) is 38.4 Å². The molecule has 6 heteroatoms. The number of allylic oxidation sites excluding steroid dienone is 1. The second-order valence-corrected chi connectivity index (χ2v) is 9.03. The number of ketones is 1. The quantitative estimate of drug-likeness (QED) is 0.454. The third-order valence-electron chi connectivity index (χ3n) is 7.09. The van der Waals surface area contributed by atoms with Crippen LogP contribution in [0.15, 0.2) is 11.6 Å². The lowest BCUT2D eigenvalue weighted by molar-refractivity contribution is -0.133. The fourth-order valence-electron chi connectivity index (χ4n) is 4.27. The first-order chi connectivity index (χ1) is 13.5. The lowest BCUT2D eigenvalue weighted by Crippen LogP contribution is -2.43. The minimum absolute atomic E-state index is 0.0300. The number of aromatic hydroxyl groups is 2. The Morgan fingerprint density at radius 1 is 1.31 bits per heavy atom. The normalized spacial score (nSPS) is 26.4. The summed E-state index contributed by atoms with van der Waals surface area (Å²) < 4.78 is 0. The molecule has 0 bridgehead atoms. The highest BCUT2D eigenvalue weighted by atomic mass is 35.5. The number of aliphatic hydroxyl groups excluding tert-OH is 1. The van der Waals surface area contributed by atoms with Gasteiger partial charge in [-0.05, 0) is 55.6 Å². The lowest BCUT2D eigenvalue weighted by atomic mass is 9.59. The number of phenols is 2. The van der Waals surface area contributed by atoms with E-state index in [2.05, 4.69) is 13.8 Å². The van der Waals surface area contributed by atoms with Gasteiger partial charge in [0.1, 0.15) is 17.3 Å². The van der Waals surface area contributed by atoms with Crippen molar-refractivity contribution in [2.24, 2.45) is 17.3 Å². The van der Waals surface area contributed by atoms with Crippen molar-refractivity contribution in [1.82, 2.24) is 0 Å². The first-order valence-corrected chi connectivity index (χ1v) is 10.4. The van der Waals surface area contributed by atoms with E-state index in [0.717, 1.165) is 6.42 Å². The molecule has 1 aromatic carbocycles. The molecule has 1 saturated carbocycles. The SMILES string of the molecule is C/C(=C\Cc1c(O)c(Cl)c(C)c(C=O)c1O)[C@H](O)C[C@]1(C)[C@H](C)CCC(=O)[C@H]1C. The Morgan fingerprint density at radius 2 is 1.93 bits per heavy atom. The Hall–Kier alpha value is -1.85. The summed E-state index contributed by atoms with van der Waals surface area (Å²) in [6, 6.07) is 0. The molecule has 1 aromatic rings. The van der Waals surface area contributed by atoms with Crippen LogP contribution in [0.1, 0.15) is 68.4 Å². The standard InChI is InChI=1S/C23H31ClO5/c1-12(19(27)10-23(5)13(2)7-9-18(26)15(23)4)6-8-16-21(28)17(11-25)14(3)20(24)22(16)29/h6,11,13,15,19,27-29H,7-10H2,1-5H3/b12-6+/t13-,15-,19-,23-/m1/s1. The van der Waals surface area contributed by atoms with Crippen LogP contribution in [-0.4, -0.2) is 33.5 Å². The van der Waals surface area contributed by atoms with Crippen molar-refractivity contribution in [3.63, 3.8) is 0 Å². The zero-order chi connectivity index (χ0) is 22.1. The molecular formula is C23H31ClO5. The van der Waals surface area contributed by atoms with Crippen molar-refractivity contribution >= 4 is 23.7 Å². The third-order valence-corrected chi connectivity index (χ3v) is 7.56. The summed E-state index contributed by atoms with van der Waals surface area (Å²) in [6.07, 6.45) is 3.45. The number of benzene rings is 1. The molecule has 1 aliphatic rings. The second-order valence-electron chi connectivity index (χ2n) is 8.65. The maximum absolute atomic E-state index is 12.2. The van der Waals surface area contributed by atoms with Gasteiger partial charge in [0.15, 0.2) is 6.29 Å². The molecule has 1 aliphatic carbocycles. The summed E-state index contributed by atoms with van der Waals surface area (Å²) in [7, 11) is 0. The smallest absolute Gasteiger partial charge is 0.154 e. The maximum atomic E-state index is 12.2. The van der Waals surface area contributed by atoms with Crippen LogP contribution in [0.3, 0.4) is 0 Å². The maximum Gasteiger partial charge on any atom is 0.154 e. The minimum Gasteiger partial charge on any atom is -0.507 e. The van der Waals surface area contributed by atoms with E-state index in [1.165, 1.54) is 0 Å². The van der Waals surface area contributed by atoms with Crippen molar-refractivity contribution in [3.05, 3.63) is 33.4 Å². The fourth-order valence-corrected chi connectivity index (χ4v) is 4.49. The average molecular weight is 423 g/mol. The molecule has 160 valence electrons. The highest BCUT2D eigenvalue weighted by Crippen LogP contribution is 2.47. The van der Waals surface area contributed by atoms with Gasteiger partial charge in [-0.25, -0.2) is 0 Å². The monoisotopic (exact) mass is 422 g/mol. The van der Waals surface area contributed by atoms with Crippen molar-refractivity contribution < 1.29 is 24.9 Å². The molecule has 0 aromatic heterocycles. The number of hydrogen-bond acceptors (Lipinski definition) is 5. The van der Waals surface area contributed by atoms with Crippen LogP contribution in [0, 0.1) is 24.2 Å². The van der Waals surface area contributed by atoms with E-state index in [0.29, 0.717) is 36.2 Å². The Labute approximate surface area is 177 Å². The van der Waals surface area contributed by atoms with Gasteiger partial charge in [0.05, 0.1) is 16.7 Å². The Kier molecular flexibility index (Phi) is 7.18. The van der Waals surface area contributed by atoms with Crippen LogP contribution in [0.2, 0.25) is 5.02 Å². The summed E-state index contributed by atoms with van der Waals surface area (Å²) in [6.45, 7) is 9.45. The zero-order valence-corrected chi connectivity index (χ0v) is 18.5. The molecule has 1 fully saturated rings. The van der Waals surface area contributed by atoms with E-state index in [4.69, 9.17) is 11.6 Å². The summed E-state index contributed by atoms with van der Waals surface area (Å²) in [4.78, 5) is 23.5. The van der Waals surface area contributed by atoms with E-state index in [-0.39, 0.29) is 51.2 Å².